The number of likely N-dealkylation sites (tertiary alicyclic amines) is 1. The van der Waals surface area contributed by atoms with Gasteiger partial charge >= 0.3 is 0 Å². The van der Waals surface area contributed by atoms with Crippen LogP contribution in [0.4, 0.5) is 10.1 Å². The zero-order valence-electron chi connectivity index (χ0n) is 15.2. The van der Waals surface area contributed by atoms with Crippen molar-refractivity contribution in [1.29, 1.82) is 0 Å². The van der Waals surface area contributed by atoms with Gasteiger partial charge in [0.25, 0.3) is 0 Å². The van der Waals surface area contributed by atoms with Crippen molar-refractivity contribution in [3.63, 3.8) is 0 Å². The Bertz CT molecular complexity index is 836. The maximum Gasteiger partial charge on any atom is 0.228 e. The molecular formula is C21H22ClFN2O2. The van der Waals surface area contributed by atoms with Crippen molar-refractivity contribution in [2.45, 2.75) is 26.3 Å². The molecule has 1 saturated heterocycles. The summed E-state index contributed by atoms with van der Waals surface area (Å²) in [6.07, 6.45) is 1.64. The van der Waals surface area contributed by atoms with Gasteiger partial charge < -0.3 is 5.32 Å². The second-order valence-electron chi connectivity index (χ2n) is 6.90. The van der Waals surface area contributed by atoms with Crippen molar-refractivity contribution >= 4 is 29.0 Å². The number of Topliss-reactive ketones (excluding diaryl/α,β-unsaturated/α-hetero) is 1. The highest BCUT2D eigenvalue weighted by molar-refractivity contribution is 6.31. The van der Waals surface area contributed by atoms with E-state index < -0.39 is 0 Å². The molecule has 2 aromatic rings. The summed E-state index contributed by atoms with van der Waals surface area (Å²) in [4.78, 5) is 26.2. The molecular weight excluding hydrogens is 367 g/mol. The third-order valence-electron chi connectivity index (χ3n) is 4.86. The lowest BCUT2D eigenvalue weighted by molar-refractivity contribution is -0.121. The Balaban J connectivity index is 1.64. The highest BCUT2D eigenvalue weighted by Gasteiger charge is 2.27. The molecule has 0 aliphatic carbocycles. The van der Waals surface area contributed by atoms with Crippen LogP contribution in [-0.2, 0) is 11.3 Å². The lowest BCUT2D eigenvalue weighted by atomic mass is 9.96. The molecule has 0 spiro atoms. The van der Waals surface area contributed by atoms with Gasteiger partial charge in [0, 0.05) is 34.9 Å². The molecule has 1 amide bonds. The number of rotatable bonds is 5. The van der Waals surface area contributed by atoms with Crippen LogP contribution in [0.1, 0.15) is 35.7 Å². The predicted molar refractivity (Wildman–Crippen MR) is 104 cm³/mol. The van der Waals surface area contributed by atoms with Crippen LogP contribution >= 0.6 is 11.6 Å². The van der Waals surface area contributed by atoms with Gasteiger partial charge in [-0.1, -0.05) is 29.8 Å². The van der Waals surface area contributed by atoms with Crippen LogP contribution < -0.4 is 5.32 Å². The monoisotopic (exact) mass is 388 g/mol. The van der Waals surface area contributed by atoms with Gasteiger partial charge in [0.15, 0.2) is 5.78 Å². The third kappa shape index (κ3) is 4.93. The van der Waals surface area contributed by atoms with Crippen molar-refractivity contribution in [1.82, 2.24) is 4.90 Å². The standard InChI is InChI=1S/C21H22ClFN2O2/c1-14(26)15-5-2-7-17(11-15)24-21(27)16-6-4-10-25(12-16)13-18-19(22)8-3-9-20(18)23/h2-3,5,7-9,11,16H,4,6,10,12-13H2,1H3,(H,24,27). The summed E-state index contributed by atoms with van der Waals surface area (Å²) in [7, 11) is 0. The van der Waals surface area contributed by atoms with E-state index in [0.29, 0.717) is 34.9 Å². The number of halogens is 2. The third-order valence-corrected chi connectivity index (χ3v) is 5.21. The molecule has 0 saturated carbocycles. The summed E-state index contributed by atoms with van der Waals surface area (Å²) in [5.74, 6) is -0.642. The summed E-state index contributed by atoms with van der Waals surface area (Å²) >= 11 is 6.12. The quantitative estimate of drug-likeness (QED) is 0.765. The highest BCUT2D eigenvalue weighted by Crippen LogP contribution is 2.25. The number of hydrogen-bond donors (Lipinski definition) is 1. The van der Waals surface area contributed by atoms with E-state index in [2.05, 4.69) is 10.2 Å². The Hall–Kier alpha value is -2.24. The van der Waals surface area contributed by atoms with Crippen LogP contribution in [0.3, 0.4) is 0 Å². The molecule has 0 bridgehead atoms. The van der Waals surface area contributed by atoms with Gasteiger partial charge in [-0.2, -0.15) is 0 Å². The number of amides is 1. The van der Waals surface area contributed by atoms with E-state index in [4.69, 9.17) is 11.6 Å². The van der Waals surface area contributed by atoms with Crippen molar-refractivity contribution < 1.29 is 14.0 Å². The molecule has 1 unspecified atom stereocenters. The largest absolute Gasteiger partial charge is 0.326 e. The Morgan fingerprint density at radius 1 is 1.26 bits per heavy atom. The number of piperidine rings is 1. The Morgan fingerprint density at radius 2 is 2.04 bits per heavy atom. The number of anilines is 1. The molecule has 1 heterocycles. The van der Waals surface area contributed by atoms with Gasteiger partial charge in [-0.25, -0.2) is 4.39 Å². The molecule has 1 N–H and O–H groups in total. The van der Waals surface area contributed by atoms with Crippen molar-refractivity contribution in [2.24, 2.45) is 5.92 Å². The van der Waals surface area contributed by atoms with Crippen LogP contribution in [0.25, 0.3) is 0 Å². The zero-order chi connectivity index (χ0) is 19.4. The highest BCUT2D eigenvalue weighted by atomic mass is 35.5. The lowest BCUT2D eigenvalue weighted by Crippen LogP contribution is -2.40. The number of benzene rings is 2. The average molecular weight is 389 g/mol. The van der Waals surface area contributed by atoms with E-state index in [1.165, 1.54) is 13.0 Å². The van der Waals surface area contributed by atoms with E-state index in [9.17, 15) is 14.0 Å². The molecule has 3 rings (SSSR count). The van der Waals surface area contributed by atoms with Crippen LogP contribution in [0.15, 0.2) is 42.5 Å². The van der Waals surface area contributed by atoms with Crippen molar-refractivity contribution in [3.8, 4) is 0 Å². The van der Waals surface area contributed by atoms with Crippen LogP contribution in [-0.4, -0.2) is 29.7 Å². The minimum absolute atomic E-state index is 0.0447. The van der Waals surface area contributed by atoms with Crippen molar-refractivity contribution in [2.75, 3.05) is 18.4 Å². The molecule has 6 heteroatoms. The molecule has 0 aromatic heterocycles. The molecule has 1 atom stereocenters. The zero-order valence-corrected chi connectivity index (χ0v) is 15.9. The molecule has 1 aliphatic heterocycles. The van der Waals surface area contributed by atoms with Crippen molar-refractivity contribution in [3.05, 3.63) is 64.4 Å². The van der Waals surface area contributed by atoms with E-state index in [0.717, 1.165) is 19.4 Å². The molecule has 4 nitrogen and oxygen atoms in total. The SMILES string of the molecule is CC(=O)c1cccc(NC(=O)C2CCCN(Cc3c(F)cccc3Cl)C2)c1. The average Bonchev–Trinajstić information content (AvgIpc) is 2.65. The Labute approximate surface area is 163 Å². The molecule has 27 heavy (non-hydrogen) atoms. The first-order chi connectivity index (χ1) is 12.9. The van der Waals surface area contributed by atoms with Crippen LogP contribution in [0, 0.1) is 11.7 Å². The Morgan fingerprint density at radius 3 is 2.78 bits per heavy atom. The fourth-order valence-corrected chi connectivity index (χ4v) is 3.60. The minimum Gasteiger partial charge on any atom is -0.326 e. The molecule has 1 fully saturated rings. The minimum atomic E-state index is -0.324. The van der Waals surface area contributed by atoms with Gasteiger partial charge in [-0.15, -0.1) is 0 Å². The van der Waals surface area contributed by atoms with Gasteiger partial charge in [-0.05, 0) is 50.6 Å². The first kappa shape index (κ1) is 19.5. The van der Waals surface area contributed by atoms with Gasteiger partial charge in [0.05, 0.1) is 5.92 Å². The van der Waals surface area contributed by atoms with Gasteiger partial charge in [0.1, 0.15) is 5.82 Å². The fraction of sp³-hybridized carbons (Fsp3) is 0.333. The number of hydrogen-bond acceptors (Lipinski definition) is 3. The maximum atomic E-state index is 14.0. The molecule has 0 radical (unpaired) electrons. The van der Waals surface area contributed by atoms with E-state index >= 15 is 0 Å². The topological polar surface area (TPSA) is 49.4 Å². The van der Waals surface area contributed by atoms with Gasteiger partial charge in [-0.3, -0.25) is 14.5 Å². The Kier molecular flexibility index (Phi) is 6.24. The smallest absolute Gasteiger partial charge is 0.228 e. The normalized spacial score (nSPS) is 17.5. The van der Waals surface area contributed by atoms with E-state index in [-0.39, 0.29) is 23.4 Å². The fourth-order valence-electron chi connectivity index (χ4n) is 3.38. The number of nitrogens with zero attached hydrogens (tertiary/aromatic N) is 1. The first-order valence-electron chi connectivity index (χ1n) is 9.01. The summed E-state index contributed by atoms with van der Waals surface area (Å²) in [6, 6.07) is 11.6. The van der Waals surface area contributed by atoms with E-state index in [1.54, 1.807) is 36.4 Å². The predicted octanol–water partition coefficient (Wildman–Crippen LogP) is 4.53. The van der Waals surface area contributed by atoms with E-state index in [1.807, 2.05) is 0 Å². The summed E-state index contributed by atoms with van der Waals surface area (Å²) in [5.41, 5.74) is 1.64. The summed E-state index contributed by atoms with van der Waals surface area (Å²) in [6.45, 7) is 3.22. The first-order valence-corrected chi connectivity index (χ1v) is 9.39. The number of ketones is 1. The lowest BCUT2D eigenvalue weighted by Gasteiger charge is -2.32. The molecule has 1 aliphatic rings. The van der Waals surface area contributed by atoms with Gasteiger partial charge in [0.2, 0.25) is 5.91 Å². The van der Waals surface area contributed by atoms with Crippen LogP contribution in [0.2, 0.25) is 5.02 Å². The van der Waals surface area contributed by atoms with Crippen LogP contribution in [0.5, 0.6) is 0 Å². The number of nitrogens with one attached hydrogen (secondary N) is 1. The molecule has 142 valence electrons. The molecule has 2 aromatic carbocycles. The second kappa shape index (κ2) is 8.63. The summed E-state index contributed by atoms with van der Waals surface area (Å²) in [5, 5.41) is 3.30. The maximum absolute atomic E-state index is 14.0. The summed E-state index contributed by atoms with van der Waals surface area (Å²) < 4.78 is 14.0. The number of carbonyl (C=O) groups excluding carboxylic acids is 2. The second-order valence-corrected chi connectivity index (χ2v) is 7.31. The number of carbonyl (C=O) groups is 2.